The summed E-state index contributed by atoms with van der Waals surface area (Å²) in [5, 5.41) is 5.22. The van der Waals surface area contributed by atoms with E-state index in [0.29, 0.717) is 36.8 Å². The largest absolute Gasteiger partial charge is 0.352 e. The lowest BCUT2D eigenvalue weighted by Gasteiger charge is -2.19. The van der Waals surface area contributed by atoms with Crippen LogP contribution in [-0.2, 0) is 4.79 Å². The third-order valence-electron chi connectivity index (χ3n) is 4.49. The van der Waals surface area contributed by atoms with Crippen LogP contribution < -0.4 is 10.6 Å². The Labute approximate surface area is 174 Å². The van der Waals surface area contributed by atoms with Crippen molar-refractivity contribution in [3.05, 3.63) is 65.2 Å². The molecule has 0 aliphatic carbocycles. The van der Waals surface area contributed by atoms with E-state index in [1.54, 1.807) is 29.2 Å². The topological polar surface area (TPSA) is 78.5 Å². The first-order chi connectivity index (χ1) is 14.3. The van der Waals surface area contributed by atoms with E-state index in [9.17, 15) is 23.2 Å². The summed E-state index contributed by atoms with van der Waals surface area (Å²) in [6, 6.07) is 9.42. The molecule has 0 radical (unpaired) electrons. The molecule has 0 fully saturated rings. The van der Waals surface area contributed by atoms with Crippen molar-refractivity contribution in [1.29, 1.82) is 0 Å². The molecule has 0 aliphatic rings. The van der Waals surface area contributed by atoms with Crippen LogP contribution in [0.15, 0.2) is 42.5 Å². The van der Waals surface area contributed by atoms with E-state index in [2.05, 4.69) is 10.6 Å². The maximum absolute atomic E-state index is 13.6. The Kier molecular flexibility index (Phi) is 8.46. The molecule has 6 nitrogen and oxygen atoms in total. The molecule has 3 amide bonds. The molecule has 0 unspecified atom stereocenters. The minimum absolute atomic E-state index is 0.105. The molecule has 0 spiro atoms. The van der Waals surface area contributed by atoms with Gasteiger partial charge in [-0.05, 0) is 50.6 Å². The molecule has 0 saturated heterocycles. The van der Waals surface area contributed by atoms with Crippen LogP contribution in [0, 0.1) is 11.6 Å². The molecule has 0 saturated carbocycles. The number of carbonyl (C=O) groups excluding carboxylic acids is 3. The number of hydrogen-bond acceptors (Lipinski definition) is 3. The van der Waals surface area contributed by atoms with Crippen molar-refractivity contribution in [1.82, 2.24) is 10.2 Å². The van der Waals surface area contributed by atoms with Gasteiger partial charge in [0.25, 0.3) is 11.8 Å². The lowest BCUT2D eigenvalue weighted by atomic mass is 10.1. The SMILES string of the molecule is CCN(CC)C(=O)c1cccc(NC(=O)CCCNC(=O)c2ccc(F)cc2F)c1. The molecule has 2 aromatic rings. The first-order valence-corrected chi connectivity index (χ1v) is 9.78. The summed E-state index contributed by atoms with van der Waals surface area (Å²) in [7, 11) is 0. The van der Waals surface area contributed by atoms with Gasteiger partial charge in [0, 0.05) is 43.4 Å². The van der Waals surface area contributed by atoms with E-state index in [1.165, 1.54) is 0 Å². The fraction of sp³-hybridized carbons (Fsp3) is 0.318. The molecular weight excluding hydrogens is 392 g/mol. The van der Waals surface area contributed by atoms with Crippen molar-refractivity contribution in [3.63, 3.8) is 0 Å². The quantitative estimate of drug-likeness (QED) is 0.612. The van der Waals surface area contributed by atoms with Gasteiger partial charge in [-0.25, -0.2) is 8.78 Å². The minimum atomic E-state index is -0.940. The van der Waals surface area contributed by atoms with E-state index in [1.807, 2.05) is 13.8 Å². The number of carbonyl (C=O) groups is 3. The Morgan fingerprint density at radius 2 is 1.73 bits per heavy atom. The second-order valence-corrected chi connectivity index (χ2v) is 6.59. The normalized spacial score (nSPS) is 10.4. The molecule has 2 rings (SSSR count). The van der Waals surface area contributed by atoms with Crippen LogP contribution in [0.5, 0.6) is 0 Å². The summed E-state index contributed by atoms with van der Waals surface area (Å²) in [5.74, 6) is -2.75. The maximum Gasteiger partial charge on any atom is 0.254 e. The number of nitrogens with one attached hydrogen (secondary N) is 2. The molecule has 0 bridgehead atoms. The standard InChI is InChI=1S/C22H25F2N3O3/c1-3-27(4-2)22(30)15-7-5-8-17(13-15)26-20(28)9-6-12-25-21(29)18-11-10-16(23)14-19(18)24/h5,7-8,10-11,13-14H,3-4,6,9,12H2,1-2H3,(H,25,29)(H,26,28). The van der Waals surface area contributed by atoms with Crippen LogP contribution in [0.25, 0.3) is 0 Å². The van der Waals surface area contributed by atoms with Crippen LogP contribution >= 0.6 is 0 Å². The third kappa shape index (κ3) is 6.37. The lowest BCUT2D eigenvalue weighted by molar-refractivity contribution is -0.116. The zero-order valence-corrected chi connectivity index (χ0v) is 17.0. The minimum Gasteiger partial charge on any atom is -0.352 e. The number of nitrogens with zero attached hydrogens (tertiary/aromatic N) is 1. The van der Waals surface area contributed by atoms with Crippen molar-refractivity contribution in [3.8, 4) is 0 Å². The van der Waals surface area contributed by atoms with E-state index < -0.39 is 17.5 Å². The number of amides is 3. The second-order valence-electron chi connectivity index (χ2n) is 6.59. The van der Waals surface area contributed by atoms with Gasteiger partial charge in [-0.1, -0.05) is 6.07 Å². The van der Waals surface area contributed by atoms with Gasteiger partial charge in [0.1, 0.15) is 11.6 Å². The predicted molar refractivity (Wildman–Crippen MR) is 110 cm³/mol. The number of benzene rings is 2. The summed E-state index contributed by atoms with van der Waals surface area (Å²) >= 11 is 0. The van der Waals surface area contributed by atoms with Crippen molar-refractivity contribution in [2.45, 2.75) is 26.7 Å². The monoisotopic (exact) mass is 417 g/mol. The third-order valence-corrected chi connectivity index (χ3v) is 4.49. The molecule has 2 N–H and O–H groups in total. The molecule has 30 heavy (non-hydrogen) atoms. The first-order valence-electron chi connectivity index (χ1n) is 9.78. The number of anilines is 1. The zero-order chi connectivity index (χ0) is 22.1. The molecule has 8 heteroatoms. The van der Waals surface area contributed by atoms with Gasteiger partial charge in [-0.3, -0.25) is 14.4 Å². The van der Waals surface area contributed by atoms with Gasteiger partial charge in [0.05, 0.1) is 5.56 Å². The number of halogens is 2. The molecule has 160 valence electrons. The van der Waals surface area contributed by atoms with Crippen LogP contribution in [0.3, 0.4) is 0 Å². The molecule has 0 atom stereocenters. The summed E-state index contributed by atoms with van der Waals surface area (Å²) in [6.07, 6.45) is 0.457. The van der Waals surface area contributed by atoms with Crippen LogP contribution in [-0.4, -0.2) is 42.3 Å². The smallest absolute Gasteiger partial charge is 0.254 e. The summed E-state index contributed by atoms with van der Waals surface area (Å²) in [6.45, 7) is 5.15. The Bertz CT molecular complexity index is 914. The first kappa shape index (κ1) is 23.0. The molecule has 0 aliphatic heterocycles. The highest BCUT2D eigenvalue weighted by molar-refractivity contribution is 5.97. The Morgan fingerprint density at radius 1 is 1.00 bits per heavy atom. The number of hydrogen-bond donors (Lipinski definition) is 2. The van der Waals surface area contributed by atoms with Crippen LogP contribution in [0.1, 0.15) is 47.4 Å². The Hall–Kier alpha value is -3.29. The fourth-order valence-electron chi connectivity index (χ4n) is 2.87. The molecule has 0 aromatic heterocycles. The summed E-state index contributed by atoms with van der Waals surface area (Å²) < 4.78 is 26.5. The summed E-state index contributed by atoms with van der Waals surface area (Å²) in [4.78, 5) is 38.1. The van der Waals surface area contributed by atoms with Gasteiger partial charge in [0.2, 0.25) is 5.91 Å². The van der Waals surface area contributed by atoms with Gasteiger partial charge >= 0.3 is 0 Å². The maximum atomic E-state index is 13.6. The van der Waals surface area contributed by atoms with Crippen LogP contribution in [0.4, 0.5) is 14.5 Å². The Morgan fingerprint density at radius 3 is 2.40 bits per heavy atom. The highest BCUT2D eigenvalue weighted by Crippen LogP contribution is 2.14. The van der Waals surface area contributed by atoms with Crippen molar-refractivity contribution in [2.24, 2.45) is 0 Å². The van der Waals surface area contributed by atoms with Crippen LogP contribution in [0.2, 0.25) is 0 Å². The van der Waals surface area contributed by atoms with Gasteiger partial charge in [0.15, 0.2) is 0 Å². The van der Waals surface area contributed by atoms with E-state index >= 15 is 0 Å². The summed E-state index contributed by atoms with van der Waals surface area (Å²) in [5.41, 5.74) is 0.746. The lowest BCUT2D eigenvalue weighted by Crippen LogP contribution is -2.30. The van der Waals surface area contributed by atoms with Gasteiger partial charge in [-0.2, -0.15) is 0 Å². The van der Waals surface area contributed by atoms with E-state index in [4.69, 9.17) is 0 Å². The predicted octanol–water partition coefficient (Wildman–Crippen LogP) is 3.60. The van der Waals surface area contributed by atoms with E-state index in [-0.39, 0.29) is 30.3 Å². The van der Waals surface area contributed by atoms with Gasteiger partial charge in [-0.15, -0.1) is 0 Å². The van der Waals surface area contributed by atoms with Crippen molar-refractivity contribution >= 4 is 23.4 Å². The molecular formula is C22H25F2N3O3. The van der Waals surface area contributed by atoms with Crippen molar-refractivity contribution < 1.29 is 23.2 Å². The zero-order valence-electron chi connectivity index (χ0n) is 17.0. The average molecular weight is 417 g/mol. The second kappa shape index (κ2) is 11.0. The number of rotatable bonds is 9. The van der Waals surface area contributed by atoms with E-state index in [0.717, 1.165) is 12.1 Å². The Balaban J connectivity index is 1.81. The van der Waals surface area contributed by atoms with Crippen molar-refractivity contribution in [2.75, 3.05) is 25.0 Å². The highest BCUT2D eigenvalue weighted by atomic mass is 19.1. The highest BCUT2D eigenvalue weighted by Gasteiger charge is 2.14. The molecule has 2 aromatic carbocycles. The molecule has 0 heterocycles. The van der Waals surface area contributed by atoms with Gasteiger partial charge < -0.3 is 15.5 Å². The fourth-order valence-corrected chi connectivity index (χ4v) is 2.87. The average Bonchev–Trinajstić information content (AvgIpc) is 2.72.